The summed E-state index contributed by atoms with van der Waals surface area (Å²) in [7, 11) is 0. The van der Waals surface area contributed by atoms with Crippen LogP contribution in [0.15, 0.2) is 30.3 Å². The summed E-state index contributed by atoms with van der Waals surface area (Å²) in [6.45, 7) is 8.89. The number of carbonyl (C=O) groups is 1. The van der Waals surface area contributed by atoms with Crippen molar-refractivity contribution < 1.29 is 14.6 Å². The molecule has 0 heterocycles. The molecule has 0 bridgehead atoms. The number of hydrogen-bond donors (Lipinski definition) is 1. The van der Waals surface area contributed by atoms with Gasteiger partial charge in [-0.05, 0) is 0 Å². The quantitative estimate of drug-likeness (QED) is 0.189. The Morgan fingerprint density at radius 2 is 1.34 bits per heavy atom. The third-order valence-corrected chi connectivity index (χ3v) is 22.4. The molecule has 1 N–H and O–H groups in total. The minimum atomic E-state index is -2.89. The van der Waals surface area contributed by atoms with Crippen LogP contribution in [0, 0.1) is 0 Å². The van der Waals surface area contributed by atoms with Gasteiger partial charge in [0.2, 0.25) is 0 Å². The van der Waals surface area contributed by atoms with Gasteiger partial charge in [0.15, 0.2) is 0 Å². The number of hydrogen-bond acceptors (Lipinski definition) is 3. The molecule has 1 aromatic rings. The Labute approximate surface area is 183 Å². The van der Waals surface area contributed by atoms with Crippen molar-refractivity contribution in [2.75, 3.05) is 0 Å². The predicted molar refractivity (Wildman–Crippen MR) is 126 cm³/mol. The van der Waals surface area contributed by atoms with Gasteiger partial charge in [0, 0.05) is 0 Å². The van der Waals surface area contributed by atoms with Gasteiger partial charge in [-0.25, -0.2) is 0 Å². The Bertz CT molecular complexity index is 524. The molecule has 0 radical (unpaired) electrons. The molecule has 0 fully saturated rings. The molecule has 166 valence electrons. The normalized spacial score (nSPS) is 13.8. The molecule has 0 saturated carbocycles. The summed E-state index contributed by atoms with van der Waals surface area (Å²) in [6, 6.07) is 9.23. The van der Waals surface area contributed by atoms with E-state index in [2.05, 4.69) is 27.7 Å². The van der Waals surface area contributed by atoms with Gasteiger partial charge < -0.3 is 0 Å². The van der Waals surface area contributed by atoms with Crippen molar-refractivity contribution in [1.82, 2.24) is 0 Å². The molecule has 29 heavy (non-hydrogen) atoms. The Hall–Kier alpha value is -0.551. The topological polar surface area (TPSA) is 46.5 Å². The monoisotopic (exact) mass is 512 g/mol. The van der Waals surface area contributed by atoms with Crippen molar-refractivity contribution in [1.29, 1.82) is 0 Å². The zero-order chi connectivity index (χ0) is 21.5. The zero-order valence-electron chi connectivity index (χ0n) is 19.3. The molecule has 1 rings (SSSR count). The molecular formula is C25H44O3Sn. The number of esters is 1. The summed E-state index contributed by atoms with van der Waals surface area (Å²) in [4.78, 5) is 12.8. The van der Waals surface area contributed by atoms with Crippen molar-refractivity contribution >= 4 is 24.3 Å². The van der Waals surface area contributed by atoms with Gasteiger partial charge in [-0.2, -0.15) is 0 Å². The summed E-state index contributed by atoms with van der Waals surface area (Å²) in [5.74, 6) is -0.285. The van der Waals surface area contributed by atoms with Crippen LogP contribution in [0.5, 0.6) is 0 Å². The van der Waals surface area contributed by atoms with Crippen LogP contribution in [0.4, 0.5) is 0 Å². The fourth-order valence-electron chi connectivity index (χ4n) is 4.27. The van der Waals surface area contributed by atoms with Gasteiger partial charge in [0.1, 0.15) is 0 Å². The van der Waals surface area contributed by atoms with E-state index in [-0.39, 0.29) is 12.1 Å². The first-order chi connectivity index (χ1) is 14.0. The van der Waals surface area contributed by atoms with Crippen LogP contribution < -0.4 is 0 Å². The van der Waals surface area contributed by atoms with Crippen molar-refractivity contribution in [3.05, 3.63) is 35.9 Å². The number of aliphatic hydroxyl groups is 1. The second-order valence-electron chi connectivity index (χ2n) is 8.57. The number of unbranched alkanes of at least 4 members (excludes halogenated alkanes) is 4. The molecule has 0 saturated heterocycles. The van der Waals surface area contributed by atoms with E-state index in [1.807, 2.05) is 18.2 Å². The summed E-state index contributed by atoms with van der Waals surface area (Å²) in [6.07, 6.45) is 9.60. The fourth-order valence-corrected chi connectivity index (χ4v) is 20.9. The average Bonchev–Trinajstić information content (AvgIpc) is 2.76. The maximum absolute atomic E-state index is 12.8. The molecule has 0 amide bonds. The SMILES string of the molecule is CCCC[C@@H](OC(=O)c1ccccc1)[C@@H](O)[Sn]([CH2]CCC)([CH2]CCC)[CH2]CCC. The van der Waals surface area contributed by atoms with Crippen molar-refractivity contribution in [2.24, 2.45) is 0 Å². The van der Waals surface area contributed by atoms with Crippen molar-refractivity contribution in [2.45, 2.75) is 109 Å². The first-order valence-electron chi connectivity index (χ1n) is 12.0. The average molecular weight is 511 g/mol. The fraction of sp³-hybridized carbons (Fsp3) is 0.720. The van der Waals surface area contributed by atoms with Gasteiger partial charge in [-0.3, -0.25) is 0 Å². The molecule has 3 nitrogen and oxygen atoms in total. The van der Waals surface area contributed by atoms with Crippen LogP contribution in [-0.2, 0) is 4.74 Å². The standard InChI is InChI=1S/C13H17O3.3C4H9.Sn/c1-2-3-9-12(10-14)16-13(15)11-7-5-4-6-8-11;3*1-3-4-2;/h4-8,10,12,14H,2-3,9H2,1H3;3*1,3-4H2,2H3;/t12-;;;;/m1..../s1. The molecule has 4 heteroatoms. The summed E-state index contributed by atoms with van der Waals surface area (Å²) in [5.41, 5.74) is 0.581. The number of benzene rings is 1. The minimum absolute atomic E-state index is 0.285. The molecule has 0 spiro atoms. The van der Waals surface area contributed by atoms with Crippen LogP contribution in [0.3, 0.4) is 0 Å². The van der Waals surface area contributed by atoms with Crippen LogP contribution in [0.25, 0.3) is 0 Å². The van der Waals surface area contributed by atoms with Crippen molar-refractivity contribution in [3.63, 3.8) is 0 Å². The Balaban J connectivity index is 3.11. The number of rotatable bonds is 16. The summed E-state index contributed by atoms with van der Waals surface area (Å²) >= 11 is -2.89. The second-order valence-corrected chi connectivity index (χ2v) is 22.3. The van der Waals surface area contributed by atoms with E-state index in [4.69, 9.17) is 4.74 Å². The first kappa shape index (κ1) is 26.5. The van der Waals surface area contributed by atoms with E-state index in [0.29, 0.717) is 5.56 Å². The van der Waals surface area contributed by atoms with Crippen LogP contribution >= 0.6 is 0 Å². The van der Waals surface area contributed by atoms with E-state index < -0.39 is 22.5 Å². The number of aliphatic hydroxyl groups excluding tert-OH is 1. The third-order valence-electron chi connectivity index (χ3n) is 6.17. The zero-order valence-corrected chi connectivity index (χ0v) is 22.1. The molecule has 1 aromatic carbocycles. The van der Waals surface area contributed by atoms with Crippen LogP contribution in [0.1, 0.15) is 95.8 Å². The van der Waals surface area contributed by atoms with Crippen molar-refractivity contribution in [3.8, 4) is 0 Å². The second kappa shape index (κ2) is 15.3. The van der Waals surface area contributed by atoms with E-state index in [1.54, 1.807) is 12.1 Å². The van der Waals surface area contributed by atoms with E-state index in [1.165, 1.54) is 51.8 Å². The molecule has 0 aliphatic rings. The Morgan fingerprint density at radius 3 is 1.79 bits per heavy atom. The number of ether oxygens (including phenoxy) is 1. The molecule has 0 unspecified atom stereocenters. The summed E-state index contributed by atoms with van der Waals surface area (Å²) in [5, 5.41) is 11.7. The van der Waals surface area contributed by atoms with Gasteiger partial charge >= 0.3 is 184 Å². The molecule has 0 aliphatic carbocycles. The van der Waals surface area contributed by atoms with E-state index in [0.717, 1.165) is 19.3 Å². The Kier molecular flexibility index (Phi) is 14.0. The first-order valence-corrected chi connectivity index (χ1v) is 19.7. The predicted octanol–water partition coefficient (Wildman–Crippen LogP) is 7.15. The van der Waals surface area contributed by atoms with Gasteiger partial charge in [0.25, 0.3) is 0 Å². The molecule has 0 aromatic heterocycles. The van der Waals surface area contributed by atoms with E-state index >= 15 is 0 Å². The third kappa shape index (κ3) is 9.00. The molecular weight excluding hydrogens is 467 g/mol. The Morgan fingerprint density at radius 1 is 0.862 bits per heavy atom. The van der Waals surface area contributed by atoms with Gasteiger partial charge in [0.05, 0.1) is 0 Å². The maximum atomic E-state index is 12.8. The number of carbonyl (C=O) groups excluding carboxylic acids is 1. The van der Waals surface area contributed by atoms with Gasteiger partial charge in [-0.15, -0.1) is 0 Å². The van der Waals surface area contributed by atoms with Crippen LogP contribution in [-0.4, -0.2) is 39.7 Å². The molecule has 0 aliphatic heterocycles. The molecule has 2 atom stereocenters. The van der Waals surface area contributed by atoms with Crippen LogP contribution in [0.2, 0.25) is 13.3 Å². The summed E-state index contributed by atoms with van der Waals surface area (Å²) < 4.78 is 9.27. The van der Waals surface area contributed by atoms with Gasteiger partial charge in [-0.1, -0.05) is 0 Å². The van der Waals surface area contributed by atoms with E-state index in [9.17, 15) is 9.90 Å².